The van der Waals surface area contributed by atoms with Crippen LogP contribution in [0, 0.1) is 0 Å². The smallest absolute Gasteiger partial charge is 0.242 e. The molecular weight excluding hydrogens is 398 g/mol. The van der Waals surface area contributed by atoms with E-state index in [1.165, 1.54) is 16.3 Å². The van der Waals surface area contributed by atoms with E-state index in [1.807, 2.05) is 66.7 Å². The molecule has 0 bridgehead atoms. The maximum absolute atomic E-state index is 12.8. The van der Waals surface area contributed by atoms with E-state index >= 15 is 0 Å². The number of hydrazine groups is 1. The highest BCUT2D eigenvalue weighted by Gasteiger charge is 2.30. The zero-order valence-corrected chi connectivity index (χ0v) is 17.6. The predicted octanol–water partition coefficient (Wildman–Crippen LogP) is 4.97. The van der Waals surface area contributed by atoms with Crippen LogP contribution in [0.15, 0.2) is 97.1 Å². The summed E-state index contributed by atoms with van der Waals surface area (Å²) >= 11 is 0. The summed E-state index contributed by atoms with van der Waals surface area (Å²) in [6.45, 7) is 0.514. The summed E-state index contributed by atoms with van der Waals surface area (Å²) in [6, 6.07) is 31.9. The van der Waals surface area contributed by atoms with Crippen molar-refractivity contribution in [3.63, 3.8) is 0 Å². The molecular formula is C27H25N3O2. The van der Waals surface area contributed by atoms with Gasteiger partial charge in [-0.2, -0.15) is 0 Å². The number of rotatable bonds is 6. The Morgan fingerprint density at radius 3 is 2.44 bits per heavy atom. The highest BCUT2D eigenvalue weighted by atomic mass is 16.5. The van der Waals surface area contributed by atoms with Crippen molar-refractivity contribution in [2.24, 2.45) is 0 Å². The minimum Gasteiger partial charge on any atom is -0.489 e. The molecule has 2 unspecified atom stereocenters. The Balaban J connectivity index is 1.18. The van der Waals surface area contributed by atoms with E-state index in [-0.39, 0.29) is 18.0 Å². The molecule has 1 saturated heterocycles. The molecule has 3 N–H and O–H groups in total. The molecule has 1 heterocycles. The molecule has 0 aliphatic carbocycles. The third-order valence-electron chi connectivity index (χ3n) is 5.79. The zero-order valence-electron chi connectivity index (χ0n) is 17.6. The van der Waals surface area contributed by atoms with E-state index in [4.69, 9.17) is 4.74 Å². The van der Waals surface area contributed by atoms with Crippen molar-refractivity contribution in [3.8, 4) is 5.75 Å². The lowest BCUT2D eigenvalue weighted by Crippen LogP contribution is -2.39. The predicted molar refractivity (Wildman–Crippen MR) is 127 cm³/mol. The fourth-order valence-corrected chi connectivity index (χ4v) is 4.09. The van der Waals surface area contributed by atoms with Crippen LogP contribution in [0.25, 0.3) is 10.8 Å². The average molecular weight is 424 g/mol. The third-order valence-corrected chi connectivity index (χ3v) is 5.79. The standard InChI is InChI=1S/C27H25N3O2/c31-27(28-21-13-15-22(16-14-21)32-18-19-7-2-1-3-8-19)26-17-25(29-30-26)24-12-6-10-20-9-4-5-11-23(20)24/h1-16,25-26,29-30H,17-18H2,(H,28,31). The van der Waals surface area contributed by atoms with Crippen LogP contribution in [-0.4, -0.2) is 11.9 Å². The van der Waals surface area contributed by atoms with Gasteiger partial charge in [0.15, 0.2) is 0 Å². The van der Waals surface area contributed by atoms with Gasteiger partial charge in [-0.15, -0.1) is 0 Å². The van der Waals surface area contributed by atoms with Crippen LogP contribution in [0.3, 0.4) is 0 Å². The molecule has 2 atom stereocenters. The number of nitrogens with one attached hydrogen (secondary N) is 3. The molecule has 1 fully saturated rings. The molecule has 0 saturated carbocycles. The minimum atomic E-state index is -0.312. The van der Waals surface area contributed by atoms with Crippen LogP contribution in [-0.2, 0) is 11.4 Å². The summed E-state index contributed by atoms with van der Waals surface area (Å²) < 4.78 is 5.81. The number of anilines is 1. The number of amides is 1. The quantitative estimate of drug-likeness (QED) is 0.410. The Labute approximate surface area is 187 Å². The lowest BCUT2D eigenvalue weighted by atomic mass is 9.96. The van der Waals surface area contributed by atoms with Gasteiger partial charge in [0, 0.05) is 11.7 Å². The van der Waals surface area contributed by atoms with Crippen molar-refractivity contribution in [1.82, 2.24) is 10.9 Å². The minimum absolute atomic E-state index is 0.0572. The van der Waals surface area contributed by atoms with Crippen molar-refractivity contribution >= 4 is 22.4 Å². The van der Waals surface area contributed by atoms with E-state index in [9.17, 15) is 4.79 Å². The van der Waals surface area contributed by atoms with Crippen LogP contribution in [0.2, 0.25) is 0 Å². The number of benzene rings is 4. The summed E-state index contributed by atoms with van der Waals surface area (Å²) in [5, 5.41) is 5.41. The summed E-state index contributed by atoms with van der Waals surface area (Å²) in [5.74, 6) is 0.710. The number of hydrogen-bond acceptors (Lipinski definition) is 4. The SMILES string of the molecule is O=C(Nc1ccc(OCc2ccccc2)cc1)C1CC(c2cccc3ccccc23)NN1. The second kappa shape index (κ2) is 9.22. The van der Waals surface area contributed by atoms with Crippen LogP contribution in [0.1, 0.15) is 23.6 Å². The molecule has 1 aliphatic heterocycles. The van der Waals surface area contributed by atoms with Gasteiger partial charge in [-0.25, -0.2) is 10.9 Å². The van der Waals surface area contributed by atoms with Crippen molar-refractivity contribution in [2.45, 2.75) is 25.1 Å². The fourth-order valence-electron chi connectivity index (χ4n) is 4.09. The normalized spacial score (nSPS) is 17.9. The number of fused-ring (bicyclic) bond motifs is 1. The van der Waals surface area contributed by atoms with E-state index in [1.54, 1.807) is 0 Å². The average Bonchev–Trinajstić information content (AvgIpc) is 3.34. The van der Waals surface area contributed by atoms with E-state index < -0.39 is 0 Å². The molecule has 4 aromatic rings. The second-order valence-electron chi connectivity index (χ2n) is 7.99. The molecule has 32 heavy (non-hydrogen) atoms. The van der Waals surface area contributed by atoms with Crippen molar-refractivity contribution < 1.29 is 9.53 Å². The lowest BCUT2D eigenvalue weighted by Gasteiger charge is -2.13. The topological polar surface area (TPSA) is 62.4 Å². The van der Waals surface area contributed by atoms with Crippen molar-refractivity contribution in [2.75, 3.05) is 5.32 Å². The Kier molecular flexibility index (Phi) is 5.83. The van der Waals surface area contributed by atoms with E-state index in [2.05, 4.69) is 46.5 Å². The van der Waals surface area contributed by atoms with Gasteiger partial charge in [0.05, 0.1) is 0 Å². The van der Waals surface area contributed by atoms with Gasteiger partial charge < -0.3 is 10.1 Å². The molecule has 0 radical (unpaired) electrons. The van der Waals surface area contributed by atoms with Gasteiger partial charge in [0.2, 0.25) is 5.91 Å². The Morgan fingerprint density at radius 1 is 0.844 bits per heavy atom. The Morgan fingerprint density at radius 2 is 1.59 bits per heavy atom. The second-order valence-corrected chi connectivity index (χ2v) is 7.99. The maximum Gasteiger partial charge on any atom is 0.242 e. The van der Waals surface area contributed by atoms with Crippen LogP contribution < -0.4 is 20.9 Å². The van der Waals surface area contributed by atoms with Gasteiger partial charge in [-0.1, -0.05) is 72.8 Å². The molecule has 5 nitrogen and oxygen atoms in total. The van der Waals surface area contributed by atoms with Gasteiger partial charge in [-0.05, 0) is 52.6 Å². The molecule has 1 amide bonds. The number of hydrogen-bond donors (Lipinski definition) is 3. The van der Waals surface area contributed by atoms with Gasteiger partial charge >= 0.3 is 0 Å². The Hall–Kier alpha value is -3.67. The van der Waals surface area contributed by atoms with Crippen LogP contribution in [0.4, 0.5) is 5.69 Å². The molecule has 0 spiro atoms. The number of carbonyl (C=O) groups excluding carboxylic acids is 1. The zero-order chi connectivity index (χ0) is 21.8. The lowest BCUT2D eigenvalue weighted by molar-refractivity contribution is -0.117. The fraction of sp³-hybridized carbons (Fsp3) is 0.148. The monoisotopic (exact) mass is 423 g/mol. The molecule has 5 rings (SSSR count). The largest absolute Gasteiger partial charge is 0.489 e. The van der Waals surface area contributed by atoms with Gasteiger partial charge in [-0.3, -0.25) is 4.79 Å². The van der Waals surface area contributed by atoms with E-state index in [0.29, 0.717) is 13.0 Å². The molecule has 160 valence electrons. The summed E-state index contributed by atoms with van der Waals surface area (Å²) in [6.07, 6.45) is 0.679. The highest BCUT2D eigenvalue weighted by molar-refractivity contribution is 5.95. The first kappa shape index (κ1) is 20.2. The summed E-state index contributed by atoms with van der Waals surface area (Å²) in [7, 11) is 0. The van der Waals surface area contributed by atoms with E-state index in [0.717, 1.165) is 17.0 Å². The molecule has 5 heteroatoms. The van der Waals surface area contributed by atoms with Crippen LogP contribution >= 0.6 is 0 Å². The molecule has 4 aromatic carbocycles. The molecule has 0 aromatic heterocycles. The van der Waals surface area contributed by atoms with Gasteiger partial charge in [0.25, 0.3) is 0 Å². The third kappa shape index (κ3) is 4.49. The summed E-state index contributed by atoms with van der Waals surface area (Å²) in [4.78, 5) is 12.8. The van der Waals surface area contributed by atoms with Crippen molar-refractivity contribution in [1.29, 1.82) is 0 Å². The number of ether oxygens (including phenoxy) is 1. The first-order chi connectivity index (χ1) is 15.8. The first-order valence-electron chi connectivity index (χ1n) is 10.8. The highest BCUT2D eigenvalue weighted by Crippen LogP contribution is 2.29. The van der Waals surface area contributed by atoms with Crippen LogP contribution in [0.5, 0.6) is 5.75 Å². The summed E-state index contributed by atoms with van der Waals surface area (Å²) in [5.41, 5.74) is 9.51. The number of carbonyl (C=O) groups is 1. The Bertz CT molecular complexity index is 1200. The maximum atomic E-state index is 12.8. The van der Waals surface area contributed by atoms with Gasteiger partial charge in [0.1, 0.15) is 18.4 Å². The first-order valence-corrected chi connectivity index (χ1v) is 10.8. The molecule has 1 aliphatic rings. The van der Waals surface area contributed by atoms with Crippen molar-refractivity contribution in [3.05, 3.63) is 108 Å².